The van der Waals surface area contributed by atoms with Gasteiger partial charge in [0.2, 0.25) is 0 Å². The Hall–Kier alpha value is -0.390. The molecule has 0 fully saturated rings. The summed E-state index contributed by atoms with van der Waals surface area (Å²) < 4.78 is 1.17. The zero-order chi connectivity index (χ0) is 14.5. The fourth-order valence-electron chi connectivity index (χ4n) is 1.80. The van der Waals surface area contributed by atoms with Crippen molar-refractivity contribution >= 4 is 28.4 Å². The zero-order valence-corrected chi connectivity index (χ0v) is 15.0. The summed E-state index contributed by atoms with van der Waals surface area (Å²) >= 11 is 2.37. The van der Waals surface area contributed by atoms with Crippen LogP contribution in [0.2, 0.25) is 0 Å². The first-order chi connectivity index (χ1) is 8.90. The Balaban J connectivity index is 3.14. The van der Waals surface area contributed by atoms with Gasteiger partial charge < -0.3 is 5.32 Å². The molecule has 1 heterocycles. The Labute approximate surface area is 131 Å². The van der Waals surface area contributed by atoms with Crippen LogP contribution in [-0.4, -0.2) is 16.5 Å². The second-order valence-corrected chi connectivity index (χ2v) is 7.01. The van der Waals surface area contributed by atoms with Crippen molar-refractivity contribution in [3.63, 3.8) is 0 Å². The van der Waals surface area contributed by atoms with Crippen LogP contribution in [0.4, 0.5) is 5.82 Å². The van der Waals surface area contributed by atoms with E-state index in [-0.39, 0.29) is 5.41 Å². The fourth-order valence-corrected chi connectivity index (χ4v) is 3.04. The molecule has 1 aromatic heterocycles. The van der Waals surface area contributed by atoms with Crippen LogP contribution in [0.1, 0.15) is 65.4 Å². The van der Waals surface area contributed by atoms with Crippen LogP contribution in [0.15, 0.2) is 0 Å². The van der Waals surface area contributed by atoms with Crippen LogP contribution < -0.4 is 5.32 Å². The zero-order valence-electron chi connectivity index (χ0n) is 12.8. The summed E-state index contributed by atoms with van der Waals surface area (Å²) in [6.07, 6.45) is 4.40. The van der Waals surface area contributed by atoms with Gasteiger partial charge in [-0.3, -0.25) is 0 Å². The van der Waals surface area contributed by atoms with Crippen LogP contribution >= 0.6 is 22.6 Å². The monoisotopic (exact) mass is 375 g/mol. The van der Waals surface area contributed by atoms with Crippen molar-refractivity contribution in [2.45, 2.75) is 65.7 Å². The van der Waals surface area contributed by atoms with E-state index in [1.807, 2.05) is 0 Å². The maximum atomic E-state index is 4.79. The van der Waals surface area contributed by atoms with Crippen molar-refractivity contribution in [1.29, 1.82) is 0 Å². The van der Waals surface area contributed by atoms with E-state index in [2.05, 4.69) is 62.5 Å². The second kappa shape index (κ2) is 7.41. The Bertz CT molecular complexity index is 411. The number of anilines is 1. The third-order valence-electron chi connectivity index (χ3n) is 2.90. The molecule has 0 bridgehead atoms. The van der Waals surface area contributed by atoms with E-state index in [4.69, 9.17) is 9.97 Å². The van der Waals surface area contributed by atoms with Gasteiger partial charge in [0, 0.05) is 18.4 Å². The van der Waals surface area contributed by atoms with Crippen LogP contribution in [0.5, 0.6) is 0 Å². The average molecular weight is 375 g/mol. The van der Waals surface area contributed by atoms with Gasteiger partial charge >= 0.3 is 0 Å². The molecular weight excluding hydrogens is 349 g/mol. The Kier molecular flexibility index (Phi) is 6.50. The molecule has 0 saturated carbocycles. The normalized spacial score (nSPS) is 11.7. The molecule has 0 saturated heterocycles. The number of halogens is 1. The molecule has 4 heteroatoms. The molecular formula is C15H26IN3. The van der Waals surface area contributed by atoms with Crippen LogP contribution in [-0.2, 0) is 11.8 Å². The lowest BCUT2D eigenvalue weighted by Crippen LogP contribution is -2.20. The highest BCUT2D eigenvalue weighted by Crippen LogP contribution is 2.29. The summed E-state index contributed by atoms with van der Waals surface area (Å²) in [5.74, 6) is 1.99. The number of nitrogens with one attached hydrogen (secondary N) is 1. The molecule has 0 radical (unpaired) electrons. The third kappa shape index (κ3) is 4.89. The maximum absolute atomic E-state index is 4.79. The van der Waals surface area contributed by atoms with E-state index in [9.17, 15) is 0 Å². The average Bonchev–Trinajstić information content (AvgIpc) is 2.34. The third-order valence-corrected chi connectivity index (χ3v) is 3.93. The van der Waals surface area contributed by atoms with Crippen molar-refractivity contribution in [2.24, 2.45) is 0 Å². The quantitative estimate of drug-likeness (QED) is 0.742. The van der Waals surface area contributed by atoms with E-state index in [1.165, 1.54) is 9.99 Å². The topological polar surface area (TPSA) is 37.8 Å². The molecule has 0 aliphatic carbocycles. The van der Waals surface area contributed by atoms with Crippen molar-refractivity contribution in [2.75, 3.05) is 11.9 Å². The first-order valence-corrected chi connectivity index (χ1v) is 8.28. The number of hydrogen-bond acceptors (Lipinski definition) is 3. The molecule has 1 rings (SSSR count). The van der Waals surface area contributed by atoms with Gasteiger partial charge in [0.05, 0.1) is 9.26 Å². The molecule has 19 heavy (non-hydrogen) atoms. The first-order valence-electron chi connectivity index (χ1n) is 7.20. The number of aryl methyl sites for hydroxylation is 1. The van der Waals surface area contributed by atoms with Gasteiger partial charge in [-0.1, -0.05) is 41.0 Å². The van der Waals surface area contributed by atoms with Gasteiger partial charge in [-0.15, -0.1) is 0 Å². The summed E-state index contributed by atoms with van der Waals surface area (Å²) in [7, 11) is 0. The van der Waals surface area contributed by atoms with E-state index in [1.54, 1.807) is 0 Å². The summed E-state index contributed by atoms with van der Waals surface area (Å²) in [5, 5.41) is 3.43. The van der Waals surface area contributed by atoms with E-state index < -0.39 is 0 Å². The number of unbranched alkanes of at least 4 members (excludes halogenated alkanes) is 1. The van der Waals surface area contributed by atoms with E-state index >= 15 is 0 Å². The highest BCUT2D eigenvalue weighted by molar-refractivity contribution is 14.1. The lowest BCUT2D eigenvalue weighted by atomic mass is 9.92. The Morgan fingerprint density at radius 2 is 1.79 bits per heavy atom. The van der Waals surface area contributed by atoms with Gasteiger partial charge in [0.25, 0.3) is 0 Å². The van der Waals surface area contributed by atoms with E-state index in [0.29, 0.717) is 0 Å². The molecule has 108 valence electrons. The molecule has 0 unspecified atom stereocenters. The van der Waals surface area contributed by atoms with Gasteiger partial charge in [-0.2, -0.15) is 0 Å². The van der Waals surface area contributed by atoms with Crippen molar-refractivity contribution in [3.8, 4) is 0 Å². The minimum absolute atomic E-state index is 0.0586. The molecule has 0 aromatic carbocycles. The lowest BCUT2D eigenvalue weighted by Gasteiger charge is -2.22. The summed E-state index contributed by atoms with van der Waals surface area (Å²) in [4.78, 5) is 9.48. The first kappa shape index (κ1) is 16.7. The summed E-state index contributed by atoms with van der Waals surface area (Å²) in [6, 6.07) is 0. The van der Waals surface area contributed by atoms with Crippen LogP contribution in [0.3, 0.4) is 0 Å². The highest BCUT2D eigenvalue weighted by atomic mass is 127. The minimum atomic E-state index is 0.0586. The van der Waals surface area contributed by atoms with Crippen LogP contribution in [0, 0.1) is 3.57 Å². The number of nitrogens with zero attached hydrogens (tertiary/aromatic N) is 2. The Morgan fingerprint density at radius 1 is 1.11 bits per heavy atom. The molecule has 0 amide bonds. The van der Waals surface area contributed by atoms with Crippen molar-refractivity contribution < 1.29 is 0 Å². The molecule has 1 N–H and O–H groups in total. The van der Waals surface area contributed by atoms with E-state index in [0.717, 1.165) is 43.1 Å². The highest BCUT2D eigenvalue weighted by Gasteiger charge is 2.22. The summed E-state index contributed by atoms with van der Waals surface area (Å²) in [6.45, 7) is 12.0. The number of hydrogen-bond donors (Lipinski definition) is 1. The van der Waals surface area contributed by atoms with Gasteiger partial charge in [-0.25, -0.2) is 9.97 Å². The summed E-state index contributed by atoms with van der Waals surface area (Å²) in [5.41, 5.74) is 1.22. The largest absolute Gasteiger partial charge is 0.369 e. The SMILES string of the molecule is CCCCc1nc(NCCC)c(I)c(C(C)(C)C)n1. The predicted molar refractivity (Wildman–Crippen MR) is 90.8 cm³/mol. The lowest BCUT2D eigenvalue weighted by molar-refractivity contribution is 0.556. The fraction of sp³-hybridized carbons (Fsp3) is 0.733. The van der Waals surface area contributed by atoms with Gasteiger partial charge in [0.15, 0.2) is 0 Å². The van der Waals surface area contributed by atoms with Gasteiger partial charge in [-0.05, 0) is 35.4 Å². The molecule has 1 aromatic rings. The van der Waals surface area contributed by atoms with Crippen molar-refractivity contribution in [3.05, 3.63) is 15.1 Å². The molecule has 3 nitrogen and oxygen atoms in total. The van der Waals surface area contributed by atoms with Crippen molar-refractivity contribution in [1.82, 2.24) is 9.97 Å². The molecule has 0 spiro atoms. The molecule has 0 aliphatic heterocycles. The Morgan fingerprint density at radius 3 is 2.32 bits per heavy atom. The van der Waals surface area contributed by atoms with Crippen LogP contribution in [0.25, 0.3) is 0 Å². The van der Waals surface area contributed by atoms with Gasteiger partial charge in [0.1, 0.15) is 11.6 Å². The molecule has 0 aliphatic rings. The standard InChI is InChI=1S/C15H26IN3/c1-6-8-9-11-18-13(15(3,4)5)12(16)14(19-11)17-10-7-2/h6-10H2,1-5H3,(H,17,18,19). The minimum Gasteiger partial charge on any atom is -0.369 e. The second-order valence-electron chi connectivity index (χ2n) is 5.93. The maximum Gasteiger partial charge on any atom is 0.143 e. The number of aromatic nitrogens is 2. The predicted octanol–water partition coefficient (Wildman–Crippen LogP) is 4.54. The smallest absolute Gasteiger partial charge is 0.143 e. The molecule has 0 atom stereocenters. The number of rotatable bonds is 6.